The van der Waals surface area contributed by atoms with E-state index in [2.05, 4.69) is 5.32 Å². The van der Waals surface area contributed by atoms with Gasteiger partial charge in [-0.3, -0.25) is 4.79 Å². The van der Waals surface area contributed by atoms with E-state index < -0.39 is 17.5 Å². The van der Waals surface area contributed by atoms with E-state index in [0.29, 0.717) is 35.0 Å². The van der Waals surface area contributed by atoms with Crippen molar-refractivity contribution in [2.75, 3.05) is 13.7 Å². The molecule has 33 heavy (non-hydrogen) atoms. The quantitative estimate of drug-likeness (QED) is 0.486. The van der Waals surface area contributed by atoms with Crippen molar-refractivity contribution in [1.29, 1.82) is 0 Å². The number of carbonyl (C=O) groups is 1. The number of ether oxygens (including phenoxy) is 2. The standard InChI is InChI=1S/C26H25F2NO4/c1-32-24-9-7-17(11-22(24)28)13-29-26(31)20-12-18(8-10-23(20)33-15-16-5-6-16)25-19(14-30)3-2-4-21(25)27/h2-4,7-12,16,30H,5-6,13-15H2,1H3,(H,29,31). The highest BCUT2D eigenvalue weighted by Gasteiger charge is 2.24. The first-order valence-electron chi connectivity index (χ1n) is 10.8. The van der Waals surface area contributed by atoms with Crippen LogP contribution in [-0.4, -0.2) is 24.7 Å². The molecule has 0 radical (unpaired) electrons. The number of hydrogen-bond acceptors (Lipinski definition) is 4. The van der Waals surface area contributed by atoms with E-state index in [0.717, 1.165) is 12.8 Å². The first-order valence-corrected chi connectivity index (χ1v) is 10.8. The zero-order valence-electron chi connectivity index (χ0n) is 18.2. The van der Waals surface area contributed by atoms with Crippen molar-refractivity contribution in [3.05, 3.63) is 82.9 Å². The lowest BCUT2D eigenvalue weighted by Gasteiger charge is -2.15. The van der Waals surface area contributed by atoms with E-state index in [1.807, 2.05) is 0 Å². The summed E-state index contributed by atoms with van der Waals surface area (Å²) < 4.78 is 39.4. The molecule has 3 aromatic carbocycles. The highest BCUT2D eigenvalue weighted by Crippen LogP contribution is 2.34. The third-order valence-electron chi connectivity index (χ3n) is 5.62. The fourth-order valence-corrected chi connectivity index (χ4v) is 3.60. The molecule has 2 N–H and O–H groups in total. The topological polar surface area (TPSA) is 67.8 Å². The number of benzene rings is 3. The molecule has 0 atom stereocenters. The second-order valence-electron chi connectivity index (χ2n) is 8.05. The lowest BCUT2D eigenvalue weighted by molar-refractivity contribution is 0.0946. The van der Waals surface area contributed by atoms with Crippen LogP contribution < -0.4 is 14.8 Å². The van der Waals surface area contributed by atoms with E-state index in [9.17, 15) is 18.7 Å². The lowest BCUT2D eigenvalue weighted by atomic mass is 9.97. The fraction of sp³-hybridized carbons (Fsp3) is 0.269. The highest BCUT2D eigenvalue weighted by molar-refractivity contribution is 5.98. The van der Waals surface area contributed by atoms with Crippen LogP contribution in [0.5, 0.6) is 11.5 Å². The molecule has 0 heterocycles. The third-order valence-corrected chi connectivity index (χ3v) is 5.62. The Morgan fingerprint density at radius 3 is 2.55 bits per heavy atom. The van der Waals surface area contributed by atoms with Crippen LogP contribution in [0, 0.1) is 17.6 Å². The van der Waals surface area contributed by atoms with Crippen LogP contribution >= 0.6 is 0 Å². The molecule has 1 amide bonds. The Labute approximate surface area is 191 Å². The minimum atomic E-state index is -0.518. The number of amides is 1. The lowest BCUT2D eigenvalue weighted by Crippen LogP contribution is -2.24. The first kappa shape index (κ1) is 22.7. The summed E-state index contributed by atoms with van der Waals surface area (Å²) in [5.74, 6) is -0.440. The summed E-state index contributed by atoms with van der Waals surface area (Å²) in [5, 5.41) is 12.4. The summed E-state index contributed by atoms with van der Waals surface area (Å²) in [4.78, 5) is 13.1. The van der Waals surface area contributed by atoms with E-state index in [1.165, 1.54) is 31.4 Å². The van der Waals surface area contributed by atoms with Gasteiger partial charge in [0.1, 0.15) is 11.6 Å². The van der Waals surface area contributed by atoms with Crippen molar-refractivity contribution >= 4 is 5.91 Å². The number of carbonyl (C=O) groups excluding carboxylic acids is 1. The molecule has 5 nitrogen and oxygen atoms in total. The molecular formula is C26H25F2NO4. The SMILES string of the molecule is COc1ccc(CNC(=O)c2cc(-c3c(F)cccc3CO)ccc2OCC2CC2)cc1F. The van der Waals surface area contributed by atoms with Crippen LogP contribution in [0.15, 0.2) is 54.6 Å². The van der Waals surface area contributed by atoms with Crippen molar-refractivity contribution in [3.8, 4) is 22.6 Å². The molecule has 1 fully saturated rings. The van der Waals surface area contributed by atoms with Gasteiger partial charge in [-0.2, -0.15) is 0 Å². The van der Waals surface area contributed by atoms with Crippen LogP contribution in [0.1, 0.15) is 34.3 Å². The van der Waals surface area contributed by atoms with Crippen LogP contribution in [-0.2, 0) is 13.2 Å². The average molecular weight is 453 g/mol. The van der Waals surface area contributed by atoms with E-state index in [1.54, 1.807) is 30.3 Å². The van der Waals surface area contributed by atoms with Gasteiger partial charge in [-0.05, 0) is 65.8 Å². The molecule has 0 bridgehead atoms. The van der Waals surface area contributed by atoms with Crippen molar-refractivity contribution in [3.63, 3.8) is 0 Å². The van der Waals surface area contributed by atoms with Crippen molar-refractivity contribution in [2.45, 2.75) is 26.0 Å². The predicted octanol–water partition coefficient (Wildman–Crippen LogP) is 4.85. The zero-order valence-corrected chi connectivity index (χ0v) is 18.2. The predicted molar refractivity (Wildman–Crippen MR) is 120 cm³/mol. The molecule has 0 unspecified atom stereocenters. The van der Waals surface area contributed by atoms with E-state index in [-0.39, 0.29) is 30.0 Å². The molecule has 0 spiro atoms. The Morgan fingerprint density at radius 1 is 1.06 bits per heavy atom. The molecule has 1 saturated carbocycles. The van der Waals surface area contributed by atoms with Gasteiger partial charge in [0.05, 0.1) is 25.9 Å². The molecule has 0 saturated heterocycles. The van der Waals surface area contributed by atoms with Crippen molar-refractivity contribution in [2.24, 2.45) is 5.92 Å². The minimum absolute atomic E-state index is 0.0909. The molecule has 1 aliphatic rings. The molecule has 3 aromatic rings. The van der Waals surface area contributed by atoms with Crippen molar-refractivity contribution in [1.82, 2.24) is 5.32 Å². The largest absolute Gasteiger partial charge is 0.494 e. The van der Waals surface area contributed by atoms with Gasteiger partial charge in [-0.1, -0.05) is 24.3 Å². The molecule has 1 aliphatic carbocycles. The smallest absolute Gasteiger partial charge is 0.255 e. The normalized spacial score (nSPS) is 13.0. The van der Waals surface area contributed by atoms with Crippen molar-refractivity contribution < 1.29 is 28.2 Å². The van der Waals surface area contributed by atoms with E-state index in [4.69, 9.17) is 9.47 Å². The van der Waals surface area contributed by atoms with Gasteiger partial charge in [0.15, 0.2) is 11.6 Å². The number of aliphatic hydroxyl groups excluding tert-OH is 1. The molecule has 172 valence electrons. The summed E-state index contributed by atoms with van der Waals surface area (Å²) in [5.41, 5.74) is 1.92. The summed E-state index contributed by atoms with van der Waals surface area (Å²) in [6.07, 6.45) is 2.19. The number of rotatable bonds is 9. The molecule has 0 aromatic heterocycles. The Hall–Kier alpha value is -3.45. The van der Waals surface area contributed by atoms with Gasteiger partial charge in [0.2, 0.25) is 0 Å². The Morgan fingerprint density at radius 2 is 1.85 bits per heavy atom. The van der Waals surface area contributed by atoms with Crippen LogP contribution in [0.25, 0.3) is 11.1 Å². The summed E-state index contributed by atoms with van der Waals surface area (Å²) in [6, 6.07) is 13.8. The average Bonchev–Trinajstić information content (AvgIpc) is 3.65. The van der Waals surface area contributed by atoms with Crippen LogP contribution in [0.2, 0.25) is 0 Å². The Balaban J connectivity index is 1.61. The number of halogens is 2. The molecule has 0 aliphatic heterocycles. The summed E-state index contributed by atoms with van der Waals surface area (Å²) in [7, 11) is 1.38. The molecular weight excluding hydrogens is 428 g/mol. The van der Waals surface area contributed by atoms with Gasteiger partial charge in [-0.25, -0.2) is 8.78 Å². The molecule has 7 heteroatoms. The second kappa shape index (κ2) is 10.0. The highest BCUT2D eigenvalue weighted by atomic mass is 19.1. The van der Waals surface area contributed by atoms with Gasteiger partial charge in [0, 0.05) is 12.1 Å². The number of methoxy groups -OCH3 is 1. The van der Waals surface area contributed by atoms with Crippen LogP contribution in [0.3, 0.4) is 0 Å². The van der Waals surface area contributed by atoms with Crippen LogP contribution in [0.4, 0.5) is 8.78 Å². The maximum absolute atomic E-state index is 14.6. The number of aliphatic hydroxyl groups is 1. The van der Waals surface area contributed by atoms with Gasteiger partial charge < -0.3 is 19.9 Å². The maximum atomic E-state index is 14.6. The Bertz CT molecular complexity index is 1160. The minimum Gasteiger partial charge on any atom is -0.494 e. The maximum Gasteiger partial charge on any atom is 0.255 e. The monoisotopic (exact) mass is 453 g/mol. The number of nitrogens with one attached hydrogen (secondary N) is 1. The summed E-state index contributed by atoms with van der Waals surface area (Å²) in [6.45, 7) is 0.260. The van der Waals surface area contributed by atoms with Gasteiger partial charge in [0.25, 0.3) is 5.91 Å². The van der Waals surface area contributed by atoms with Gasteiger partial charge in [-0.15, -0.1) is 0 Å². The molecule has 4 rings (SSSR count). The fourth-order valence-electron chi connectivity index (χ4n) is 3.60. The van der Waals surface area contributed by atoms with Gasteiger partial charge >= 0.3 is 0 Å². The first-order chi connectivity index (χ1) is 16.0. The summed E-state index contributed by atoms with van der Waals surface area (Å²) >= 11 is 0. The van der Waals surface area contributed by atoms with E-state index >= 15 is 0 Å². The number of hydrogen-bond donors (Lipinski definition) is 2. The third kappa shape index (κ3) is 5.31. The second-order valence-corrected chi connectivity index (χ2v) is 8.05. The Kier molecular flexibility index (Phi) is 6.89. The zero-order chi connectivity index (χ0) is 23.4.